The zero-order valence-corrected chi connectivity index (χ0v) is 24.2. The van der Waals surface area contributed by atoms with Gasteiger partial charge in [-0.1, -0.05) is 45.1 Å². The molecule has 0 bridgehead atoms. The molecule has 5 N–H and O–H groups in total. The first-order valence-electron chi connectivity index (χ1n) is 13.7. The van der Waals surface area contributed by atoms with Gasteiger partial charge in [-0.15, -0.1) is 0 Å². The highest BCUT2D eigenvalue weighted by atomic mass is 16.5. The van der Waals surface area contributed by atoms with Crippen molar-refractivity contribution in [1.29, 1.82) is 0 Å². The number of allylic oxidation sites excluding steroid dienone is 7. The minimum atomic E-state index is -0.677. The van der Waals surface area contributed by atoms with Crippen LogP contribution >= 0.6 is 0 Å². The molecule has 0 aromatic carbocycles. The number of aromatic nitrogens is 1. The molecule has 0 aliphatic carbocycles. The average Bonchev–Trinajstić information content (AvgIpc) is 2.92. The fraction of sp³-hybridized carbons (Fsp3) is 0.467. The van der Waals surface area contributed by atoms with Crippen LogP contribution in [0.4, 0.5) is 0 Å². The van der Waals surface area contributed by atoms with E-state index in [1.807, 2.05) is 39.8 Å². The number of amides is 2. The largest absolute Gasteiger partial charge is 0.474 e. The fourth-order valence-corrected chi connectivity index (χ4v) is 4.17. The Kier molecular flexibility index (Phi) is 13.1. The van der Waals surface area contributed by atoms with Crippen LogP contribution in [0.15, 0.2) is 70.4 Å². The second-order valence-electron chi connectivity index (χ2n) is 10.0. The lowest BCUT2D eigenvalue weighted by molar-refractivity contribution is -0.136. The normalized spacial score (nSPS) is 19.7. The highest BCUT2D eigenvalue weighted by molar-refractivity contribution is 5.92. The number of H-pyrrole nitrogens is 1. The van der Waals surface area contributed by atoms with E-state index in [0.29, 0.717) is 31.0 Å². The topological polar surface area (TPSA) is 147 Å². The van der Waals surface area contributed by atoms with Crippen molar-refractivity contribution in [1.82, 2.24) is 20.5 Å². The Morgan fingerprint density at radius 3 is 2.67 bits per heavy atom. The Bertz CT molecular complexity index is 1210. The molecular weight excluding hydrogens is 510 g/mol. The molecule has 2 rings (SSSR count). The summed E-state index contributed by atoms with van der Waals surface area (Å²) in [4.78, 5) is 53.4. The van der Waals surface area contributed by atoms with E-state index in [1.165, 1.54) is 31.2 Å². The van der Waals surface area contributed by atoms with Gasteiger partial charge in [0.1, 0.15) is 5.69 Å². The number of nitrogens with zero attached hydrogens (tertiary/aromatic N) is 1. The lowest BCUT2D eigenvalue weighted by Gasteiger charge is -2.30. The predicted octanol–water partition coefficient (Wildman–Crippen LogP) is 2.77. The zero-order chi connectivity index (χ0) is 29.7. The van der Waals surface area contributed by atoms with Crippen LogP contribution in [0.25, 0.3) is 0 Å². The summed E-state index contributed by atoms with van der Waals surface area (Å²) in [6.45, 7) is 10.6. The maximum atomic E-state index is 13.8. The van der Waals surface area contributed by atoms with Crippen LogP contribution in [0.5, 0.6) is 0 Å². The van der Waals surface area contributed by atoms with Gasteiger partial charge in [0.25, 0.3) is 5.91 Å². The van der Waals surface area contributed by atoms with E-state index in [4.69, 9.17) is 10.5 Å². The predicted molar refractivity (Wildman–Crippen MR) is 156 cm³/mol. The highest BCUT2D eigenvalue weighted by Crippen LogP contribution is 2.27. The zero-order valence-electron chi connectivity index (χ0n) is 24.2. The Balaban J connectivity index is 2.33. The van der Waals surface area contributed by atoms with E-state index in [-0.39, 0.29) is 47.9 Å². The monoisotopic (exact) mass is 553 g/mol. The molecule has 0 saturated heterocycles. The maximum Gasteiger partial charge on any atom is 0.267 e. The molecule has 1 aliphatic rings. The van der Waals surface area contributed by atoms with Crippen molar-refractivity contribution in [2.24, 2.45) is 17.6 Å². The summed E-state index contributed by atoms with van der Waals surface area (Å²) in [7, 11) is 0. The van der Waals surface area contributed by atoms with Crippen LogP contribution in [-0.4, -0.2) is 59.9 Å². The van der Waals surface area contributed by atoms with Crippen molar-refractivity contribution < 1.29 is 19.1 Å². The van der Waals surface area contributed by atoms with Crippen molar-refractivity contribution in [3.63, 3.8) is 0 Å². The van der Waals surface area contributed by atoms with Crippen LogP contribution in [0.3, 0.4) is 0 Å². The summed E-state index contributed by atoms with van der Waals surface area (Å²) in [5.41, 5.74) is 7.41. The number of rotatable bonds is 10. The number of nitrogens with two attached hydrogens (primary N) is 1. The van der Waals surface area contributed by atoms with Gasteiger partial charge >= 0.3 is 0 Å². The Morgan fingerprint density at radius 2 is 2.02 bits per heavy atom. The average molecular weight is 554 g/mol. The summed E-state index contributed by atoms with van der Waals surface area (Å²) < 4.78 is 6.27. The number of nitrogens with one attached hydrogen (secondary N) is 3. The van der Waals surface area contributed by atoms with Gasteiger partial charge in [0.05, 0.1) is 11.5 Å². The standard InChI is InChI=1S/C30H43N5O5/c1-6-7-11-23-19-24(20(2)3)30(39)35(17-15-32-28(38)26-13-9-14-27(37)34-26)18-16-33-29(40-22(23)5)25(31)12-8-10-21(4)36/h7-14,20,24,29,33H,6,15-19,31H2,1-5H3,(H,32,38)(H,34,37)/b10-8?,11-7-,23-22?,25-12?. The van der Waals surface area contributed by atoms with Gasteiger partial charge in [-0.2, -0.15) is 0 Å². The smallest absolute Gasteiger partial charge is 0.267 e. The molecule has 218 valence electrons. The number of pyridine rings is 1. The van der Waals surface area contributed by atoms with E-state index in [9.17, 15) is 19.2 Å². The summed E-state index contributed by atoms with van der Waals surface area (Å²) in [5, 5.41) is 6.06. The quantitative estimate of drug-likeness (QED) is 0.257. The Hall–Kier alpha value is -3.92. The first-order valence-corrected chi connectivity index (χ1v) is 13.7. The molecule has 1 aromatic heterocycles. The van der Waals surface area contributed by atoms with Gasteiger partial charge < -0.3 is 25.7 Å². The first-order chi connectivity index (χ1) is 19.0. The molecule has 0 radical (unpaired) electrons. The van der Waals surface area contributed by atoms with Gasteiger partial charge in [0.2, 0.25) is 11.5 Å². The van der Waals surface area contributed by atoms with Crippen LogP contribution in [0, 0.1) is 11.8 Å². The Labute approximate surface area is 236 Å². The number of hydrogen-bond donors (Lipinski definition) is 4. The van der Waals surface area contributed by atoms with Crippen molar-refractivity contribution in [2.75, 3.05) is 26.2 Å². The second kappa shape index (κ2) is 16.2. The number of hydrogen-bond acceptors (Lipinski definition) is 7. The fourth-order valence-electron chi connectivity index (χ4n) is 4.17. The number of carbonyl (C=O) groups is 3. The highest BCUT2D eigenvalue weighted by Gasteiger charge is 2.29. The lowest BCUT2D eigenvalue weighted by atomic mass is 9.87. The molecule has 2 unspecified atom stereocenters. The van der Waals surface area contributed by atoms with Gasteiger partial charge in [0, 0.05) is 38.2 Å². The SMILES string of the molecule is CC/C=C\C1=C(C)OC(C(N)=CC=CC(C)=O)NCCN(CCNC(=O)c2cccc(=O)[nH]2)C(=O)C(C(C)C)C1. The molecule has 0 spiro atoms. The van der Waals surface area contributed by atoms with Crippen molar-refractivity contribution >= 4 is 17.6 Å². The number of aromatic amines is 1. The van der Waals surface area contributed by atoms with E-state index in [0.717, 1.165) is 12.0 Å². The van der Waals surface area contributed by atoms with Gasteiger partial charge in [-0.25, -0.2) is 0 Å². The first kappa shape index (κ1) is 32.3. The van der Waals surface area contributed by atoms with E-state index in [1.54, 1.807) is 17.1 Å². The molecule has 0 fully saturated rings. The van der Waals surface area contributed by atoms with Gasteiger partial charge in [0.15, 0.2) is 12.0 Å². The number of carbonyl (C=O) groups excluding carboxylic acids is 3. The molecule has 10 heteroatoms. The van der Waals surface area contributed by atoms with Crippen molar-refractivity contribution in [3.05, 3.63) is 81.7 Å². The second-order valence-corrected chi connectivity index (χ2v) is 10.0. The van der Waals surface area contributed by atoms with Crippen LogP contribution in [-0.2, 0) is 14.3 Å². The molecule has 1 aromatic rings. The lowest BCUT2D eigenvalue weighted by Crippen LogP contribution is -2.47. The van der Waals surface area contributed by atoms with Crippen molar-refractivity contribution in [3.8, 4) is 0 Å². The van der Waals surface area contributed by atoms with Crippen LogP contribution in [0.1, 0.15) is 57.9 Å². The molecule has 1 aliphatic heterocycles. The minimum Gasteiger partial charge on any atom is -0.474 e. The molecule has 2 atom stereocenters. The van der Waals surface area contributed by atoms with Crippen LogP contribution in [0.2, 0.25) is 0 Å². The summed E-state index contributed by atoms with van der Waals surface area (Å²) in [6.07, 6.45) is 9.28. The third kappa shape index (κ3) is 10.3. The summed E-state index contributed by atoms with van der Waals surface area (Å²) >= 11 is 0. The van der Waals surface area contributed by atoms with E-state index in [2.05, 4.69) is 15.6 Å². The molecular formula is C30H43N5O5. The maximum absolute atomic E-state index is 13.8. The molecule has 10 nitrogen and oxygen atoms in total. The minimum absolute atomic E-state index is 0.0132. The molecule has 0 saturated carbocycles. The number of ether oxygens (including phenoxy) is 1. The third-order valence-corrected chi connectivity index (χ3v) is 6.49. The number of ketones is 1. The third-order valence-electron chi connectivity index (χ3n) is 6.49. The molecule has 40 heavy (non-hydrogen) atoms. The summed E-state index contributed by atoms with van der Waals surface area (Å²) in [5.74, 6) is -0.117. The van der Waals surface area contributed by atoms with E-state index >= 15 is 0 Å². The van der Waals surface area contributed by atoms with E-state index < -0.39 is 12.1 Å². The summed E-state index contributed by atoms with van der Waals surface area (Å²) in [6, 6.07) is 4.37. The van der Waals surface area contributed by atoms with Gasteiger partial charge in [-0.3, -0.25) is 24.5 Å². The Morgan fingerprint density at radius 1 is 1.27 bits per heavy atom. The van der Waals surface area contributed by atoms with Gasteiger partial charge in [-0.05, 0) is 56.4 Å². The van der Waals surface area contributed by atoms with Crippen LogP contribution < -0.4 is 21.9 Å². The molecule has 2 heterocycles. The van der Waals surface area contributed by atoms with Crippen molar-refractivity contribution in [2.45, 2.75) is 53.7 Å². The molecule has 2 amide bonds.